The number of cyclic esters (lactones) is 1. The number of amides is 2. The van der Waals surface area contributed by atoms with Crippen LogP contribution in [0.15, 0.2) is 77.7 Å². The Hall–Kier alpha value is -4.16. The largest absolute Gasteiger partial charge is 0.445 e. The van der Waals surface area contributed by atoms with Gasteiger partial charge in [-0.15, -0.1) is 0 Å². The van der Waals surface area contributed by atoms with Gasteiger partial charge >= 0.3 is 12.2 Å². The monoisotopic (exact) mass is 583 g/mol. The molecule has 3 aromatic carbocycles. The van der Waals surface area contributed by atoms with E-state index >= 15 is 4.39 Å². The number of piperazine rings is 1. The number of ether oxygens (including phenoxy) is 2. The lowest BCUT2D eigenvalue weighted by Gasteiger charge is -2.35. The Morgan fingerprint density at radius 2 is 1.71 bits per heavy atom. The first-order valence-corrected chi connectivity index (χ1v) is 14.5. The third-order valence-electron chi connectivity index (χ3n) is 6.92. The number of carbonyl (C=O) groups excluding carboxylic acids is 2. The lowest BCUT2D eigenvalue weighted by molar-refractivity contribution is 0.0941. The summed E-state index contributed by atoms with van der Waals surface area (Å²) in [5.74, 6) is -0.531. The smallest absolute Gasteiger partial charge is 0.414 e. The Bertz CT molecular complexity index is 1490. The number of rotatable bonds is 8. The van der Waals surface area contributed by atoms with Crippen molar-refractivity contribution in [3.05, 3.63) is 89.7 Å². The molecule has 2 fully saturated rings. The van der Waals surface area contributed by atoms with Crippen molar-refractivity contribution >= 4 is 33.7 Å². The van der Waals surface area contributed by atoms with Crippen molar-refractivity contribution in [1.82, 2.24) is 4.90 Å². The molecule has 2 saturated heterocycles. The molecular formula is C29H30FN3O7S. The Balaban J connectivity index is 1.13. The molecule has 0 aromatic heterocycles. The summed E-state index contributed by atoms with van der Waals surface area (Å²) in [5.41, 5.74) is 2.43. The molecule has 0 aliphatic carbocycles. The number of carbonyl (C=O) groups is 2. The van der Waals surface area contributed by atoms with Crippen molar-refractivity contribution in [2.24, 2.45) is 0 Å². The highest BCUT2D eigenvalue weighted by molar-refractivity contribution is 7.86. The van der Waals surface area contributed by atoms with Crippen molar-refractivity contribution in [1.29, 1.82) is 0 Å². The summed E-state index contributed by atoms with van der Waals surface area (Å²) in [5, 5.41) is 0. The first-order chi connectivity index (χ1) is 19.7. The third-order valence-corrected chi connectivity index (χ3v) is 8.22. The van der Waals surface area contributed by atoms with Crippen molar-refractivity contribution in [2.45, 2.75) is 24.5 Å². The fraction of sp³-hybridized carbons (Fsp3) is 0.310. The minimum absolute atomic E-state index is 0.00477. The zero-order valence-electron chi connectivity index (χ0n) is 22.4. The molecule has 41 heavy (non-hydrogen) atoms. The molecule has 0 saturated carbocycles. The highest BCUT2D eigenvalue weighted by Gasteiger charge is 2.34. The maximum absolute atomic E-state index is 15.2. The molecule has 0 bridgehead atoms. The fourth-order valence-electron chi connectivity index (χ4n) is 4.62. The van der Waals surface area contributed by atoms with Gasteiger partial charge in [-0.3, -0.25) is 9.08 Å². The second-order valence-electron chi connectivity index (χ2n) is 9.82. The van der Waals surface area contributed by atoms with Gasteiger partial charge in [0.15, 0.2) is 0 Å². The Kier molecular flexibility index (Phi) is 8.41. The van der Waals surface area contributed by atoms with Crippen LogP contribution in [0.5, 0.6) is 0 Å². The third kappa shape index (κ3) is 6.77. The number of anilines is 2. The van der Waals surface area contributed by atoms with E-state index in [2.05, 4.69) is 0 Å². The Morgan fingerprint density at radius 3 is 2.39 bits per heavy atom. The lowest BCUT2D eigenvalue weighted by atomic mass is 10.2. The molecule has 2 aliphatic heterocycles. The van der Waals surface area contributed by atoms with E-state index in [9.17, 15) is 18.0 Å². The lowest BCUT2D eigenvalue weighted by Crippen LogP contribution is -2.49. The SMILES string of the molecule is Cc1ccc(S(=O)(=O)OC[C@H]2CN(c3ccc(N4CCN(C(=O)OCc5ccccc5)CC4)c(F)c3)C(=O)O2)cc1. The molecule has 0 radical (unpaired) electrons. The molecule has 0 unspecified atom stereocenters. The summed E-state index contributed by atoms with van der Waals surface area (Å²) in [6, 6.07) is 20.0. The molecule has 10 nitrogen and oxygen atoms in total. The van der Waals surface area contributed by atoms with E-state index in [-0.39, 0.29) is 30.3 Å². The molecule has 216 valence electrons. The average Bonchev–Trinajstić information content (AvgIpc) is 3.36. The predicted octanol–water partition coefficient (Wildman–Crippen LogP) is 4.32. The summed E-state index contributed by atoms with van der Waals surface area (Å²) in [4.78, 5) is 29.6. The van der Waals surface area contributed by atoms with Crippen LogP contribution in [0.25, 0.3) is 0 Å². The van der Waals surface area contributed by atoms with Crippen LogP contribution in [0.2, 0.25) is 0 Å². The molecule has 0 N–H and O–H groups in total. The van der Waals surface area contributed by atoms with Gasteiger partial charge in [-0.1, -0.05) is 48.0 Å². The predicted molar refractivity (Wildman–Crippen MR) is 149 cm³/mol. The molecule has 2 aliphatic rings. The van der Waals surface area contributed by atoms with E-state index < -0.39 is 34.2 Å². The van der Waals surface area contributed by atoms with Gasteiger partial charge in [0.1, 0.15) is 25.1 Å². The quantitative estimate of drug-likeness (QED) is 0.361. The maximum Gasteiger partial charge on any atom is 0.414 e. The zero-order valence-corrected chi connectivity index (χ0v) is 23.3. The molecule has 2 heterocycles. The summed E-state index contributed by atoms with van der Waals surface area (Å²) < 4.78 is 55.8. The van der Waals surface area contributed by atoms with E-state index in [1.807, 2.05) is 42.2 Å². The topological polar surface area (TPSA) is 106 Å². The molecular weight excluding hydrogens is 553 g/mol. The van der Waals surface area contributed by atoms with Crippen LogP contribution < -0.4 is 9.80 Å². The van der Waals surface area contributed by atoms with E-state index in [0.29, 0.717) is 31.9 Å². The van der Waals surface area contributed by atoms with Gasteiger partial charge < -0.3 is 19.3 Å². The normalized spacial score (nSPS) is 17.5. The van der Waals surface area contributed by atoms with Crippen molar-refractivity contribution < 1.29 is 36.1 Å². The standard InChI is InChI=1S/C29H30FN3O7S/c1-21-7-10-25(11-8-21)41(36,37)39-20-24-18-33(29(35)40-24)23-9-12-27(26(30)17-23)31-13-15-32(16-14-31)28(34)38-19-22-5-3-2-4-6-22/h2-12,17,24H,13-16,18-20H2,1H3/t24-/m1/s1. The van der Waals surface area contributed by atoms with Gasteiger partial charge in [-0.2, -0.15) is 8.42 Å². The van der Waals surface area contributed by atoms with Gasteiger partial charge in [0.05, 0.1) is 22.8 Å². The molecule has 12 heteroatoms. The zero-order chi connectivity index (χ0) is 29.0. The van der Waals surface area contributed by atoms with E-state index in [4.69, 9.17) is 13.7 Å². The summed E-state index contributed by atoms with van der Waals surface area (Å²) in [6.45, 7) is 3.24. The first kappa shape index (κ1) is 28.4. The second kappa shape index (κ2) is 12.1. The molecule has 1 atom stereocenters. The van der Waals surface area contributed by atoms with Gasteiger partial charge in [0, 0.05) is 26.2 Å². The minimum atomic E-state index is -4.02. The number of aryl methyl sites for hydroxylation is 1. The fourth-order valence-corrected chi connectivity index (χ4v) is 5.55. The van der Waals surface area contributed by atoms with Crippen LogP contribution in [0, 0.1) is 12.7 Å². The molecule has 0 spiro atoms. The second-order valence-corrected chi connectivity index (χ2v) is 11.4. The maximum atomic E-state index is 15.2. The first-order valence-electron chi connectivity index (χ1n) is 13.1. The van der Waals surface area contributed by atoms with E-state index in [1.54, 1.807) is 29.2 Å². The number of hydrogen-bond donors (Lipinski definition) is 0. The number of nitrogens with zero attached hydrogens (tertiary/aromatic N) is 3. The summed E-state index contributed by atoms with van der Waals surface area (Å²) in [6.07, 6.45) is -1.98. The van der Waals surface area contributed by atoms with E-state index in [1.165, 1.54) is 23.1 Å². The molecule has 5 rings (SSSR count). The Labute approximate surface area is 237 Å². The average molecular weight is 584 g/mol. The minimum Gasteiger partial charge on any atom is -0.445 e. The van der Waals surface area contributed by atoms with Crippen molar-refractivity contribution in [3.63, 3.8) is 0 Å². The van der Waals surface area contributed by atoms with Crippen LogP contribution in [-0.4, -0.2) is 70.9 Å². The van der Waals surface area contributed by atoms with Gasteiger partial charge in [-0.05, 0) is 42.8 Å². The molecule has 3 aromatic rings. The highest BCUT2D eigenvalue weighted by Crippen LogP contribution is 2.29. The van der Waals surface area contributed by atoms with Crippen LogP contribution in [0.4, 0.5) is 25.4 Å². The van der Waals surface area contributed by atoms with Crippen LogP contribution in [0.3, 0.4) is 0 Å². The number of hydrogen-bond acceptors (Lipinski definition) is 8. The Morgan fingerprint density at radius 1 is 1.00 bits per heavy atom. The number of benzene rings is 3. The van der Waals surface area contributed by atoms with E-state index in [0.717, 1.165) is 11.1 Å². The summed E-state index contributed by atoms with van der Waals surface area (Å²) >= 11 is 0. The van der Waals surface area contributed by atoms with Crippen molar-refractivity contribution in [3.8, 4) is 0 Å². The van der Waals surface area contributed by atoms with Crippen LogP contribution in [-0.2, 0) is 30.4 Å². The van der Waals surface area contributed by atoms with Crippen molar-refractivity contribution in [2.75, 3.05) is 49.1 Å². The van der Waals surface area contributed by atoms with Gasteiger partial charge in [-0.25, -0.2) is 14.0 Å². The summed E-state index contributed by atoms with van der Waals surface area (Å²) in [7, 11) is -4.02. The highest BCUT2D eigenvalue weighted by atomic mass is 32.2. The van der Waals surface area contributed by atoms with Gasteiger partial charge in [0.2, 0.25) is 0 Å². The van der Waals surface area contributed by atoms with Crippen LogP contribution >= 0.6 is 0 Å². The molecule has 2 amide bonds. The van der Waals surface area contributed by atoms with Crippen LogP contribution in [0.1, 0.15) is 11.1 Å². The van der Waals surface area contributed by atoms with Gasteiger partial charge in [0.25, 0.3) is 10.1 Å². The number of halogens is 1.